The van der Waals surface area contributed by atoms with Gasteiger partial charge in [-0.1, -0.05) is 18.2 Å². The van der Waals surface area contributed by atoms with Crippen molar-refractivity contribution in [2.24, 2.45) is 0 Å². The lowest BCUT2D eigenvalue weighted by Gasteiger charge is -2.16. The molecular formula is C24H26F3N7. The van der Waals surface area contributed by atoms with Crippen LogP contribution >= 0.6 is 0 Å². The van der Waals surface area contributed by atoms with Crippen molar-refractivity contribution in [1.82, 2.24) is 19.5 Å². The number of aromatic nitrogens is 4. The van der Waals surface area contributed by atoms with Gasteiger partial charge in [-0.25, -0.2) is 15.0 Å². The fourth-order valence-corrected chi connectivity index (χ4v) is 3.65. The van der Waals surface area contributed by atoms with Gasteiger partial charge in [-0.3, -0.25) is 4.57 Å². The summed E-state index contributed by atoms with van der Waals surface area (Å²) >= 11 is 0. The topological polar surface area (TPSA) is 70.9 Å². The Kier molecular flexibility index (Phi) is 6.32. The van der Waals surface area contributed by atoms with Gasteiger partial charge in [-0.15, -0.1) is 0 Å². The summed E-state index contributed by atoms with van der Waals surface area (Å²) in [4.78, 5) is 15.5. The number of imidazole rings is 1. The second-order valence-electron chi connectivity index (χ2n) is 8.42. The highest BCUT2D eigenvalue weighted by molar-refractivity contribution is 5.86. The van der Waals surface area contributed by atoms with Gasteiger partial charge < -0.3 is 15.5 Å². The van der Waals surface area contributed by atoms with E-state index in [0.717, 1.165) is 23.5 Å². The van der Waals surface area contributed by atoms with Crippen LogP contribution in [0.1, 0.15) is 31.0 Å². The molecule has 0 saturated carbocycles. The van der Waals surface area contributed by atoms with E-state index in [-0.39, 0.29) is 12.6 Å². The Morgan fingerprint density at radius 1 is 1.03 bits per heavy atom. The molecule has 7 nitrogen and oxygen atoms in total. The van der Waals surface area contributed by atoms with E-state index in [2.05, 4.69) is 20.6 Å². The van der Waals surface area contributed by atoms with E-state index in [1.807, 2.05) is 61.7 Å². The van der Waals surface area contributed by atoms with Gasteiger partial charge in [0.1, 0.15) is 6.33 Å². The number of nitrogens with one attached hydrogen (secondary N) is 2. The van der Waals surface area contributed by atoms with Gasteiger partial charge in [0, 0.05) is 38.1 Å². The van der Waals surface area contributed by atoms with Crippen molar-refractivity contribution < 1.29 is 13.2 Å². The largest absolute Gasteiger partial charge is 0.416 e. The molecule has 2 aromatic heterocycles. The Balaban J connectivity index is 1.66. The third-order valence-electron chi connectivity index (χ3n) is 5.33. The minimum absolute atomic E-state index is 0.0516. The maximum Gasteiger partial charge on any atom is 0.416 e. The summed E-state index contributed by atoms with van der Waals surface area (Å²) in [5.41, 5.74) is 2.88. The lowest BCUT2D eigenvalue weighted by Crippen LogP contribution is -2.10. The summed E-state index contributed by atoms with van der Waals surface area (Å²) in [5, 5.41) is 6.49. The van der Waals surface area contributed by atoms with Crippen molar-refractivity contribution in [1.29, 1.82) is 0 Å². The maximum absolute atomic E-state index is 13.0. The first-order valence-electron chi connectivity index (χ1n) is 10.8. The molecule has 4 rings (SSSR count). The molecule has 4 aromatic rings. The van der Waals surface area contributed by atoms with Crippen molar-refractivity contribution >= 4 is 34.3 Å². The van der Waals surface area contributed by atoms with Crippen LogP contribution in [-0.4, -0.2) is 33.6 Å². The minimum Gasteiger partial charge on any atom is -0.378 e. The summed E-state index contributed by atoms with van der Waals surface area (Å²) in [5.74, 6) is 1.05. The van der Waals surface area contributed by atoms with E-state index >= 15 is 0 Å². The van der Waals surface area contributed by atoms with Crippen molar-refractivity contribution in [3.05, 3.63) is 66.0 Å². The molecule has 34 heavy (non-hydrogen) atoms. The number of hydrogen-bond donors (Lipinski definition) is 2. The SMILES string of the molecule is CC(C)n1c(Nc2cccc(N(C)C)c2)nc2c(NCc3cccc(C(F)(F)F)c3)ncnc21. The number of halogens is 3. The first-order valence-corrected chi connectivity index (χ1v) is 10.8. The summed E-state index contributed by atoms with van der Waals surface area (Å²) < 4.78 is 41.1. The molecule has 2 aromatic carbocycles. The Morgan fingerprint density at radius 2 is 1.79 bits per heavy atom. The number of fused-ring (bicyclic) bond motifs is 1. The number of anilines is 4. The zero-order valence-corrected chi connectivity index (χ0v) is 19.4. The normalized spacial score (nSPS) is 11.8. The zero-order chi connectivity index (χ0) is 24.5. The Labute approximate surface area is 195 Å². The molecule has 0 amide bonds. The van der Waals surface area contributed by atoms with Crippen LogP contribution in [0.3, 0.4) is 0 Å². The average molecular weight is 470 g/mol. The van der Waals surface area contributed by atoms with Gasteiger partial charge in [0.25, 0.3) is 0 Å². The molecule has 0 radical (unpaired) electrons. The van der Waals surface area contributed by atoms with Crippen LogP contribution < -0.4 is 15.5 Å². The maximum atomic E-state index is 13.0. The fraction of sp³-hybridized carbons (Fsp3) is 0.292. The molecule has 0 atom stereocenters. The van der Waals surface area contributed by atoms with Crippen molar-refractivity contribution in [3.63, 3.8) is 0 Å². The number of alkyl halides is 3. The summed E-state index contributed by atoms with van der Waals surface area (Å²) in [6.45, 7) is 4.22. The second-order valence-corrected chi connectivity index (χ2v) is 8.42. The summed E-state index contributed by atoms with van der Waals surface area (Å²) in [6, 6.07) is 13.2. The smallest absolute Gasteiger partial charge is 0.378 e. The lowest BCUT2D eigenvalue weighted by atomic mass is 10.1. The Bertz CT molecular complexity index is 1300. The van der Waals surface area contributed by atoms with Gasteiger partial charge in [0.15, 0.2) is 17.0 Å². The van der Waals surface area contributed by atoms with Gasteiger partial charge in [0.05, 0.1) is 5.56 Å². The average Bonchev–Trinajstić information content (AvgIpc) is 3.16. The number of rotatable bonds is 7. The second kappa shape index (κ2) is 9.20. The third kappa shape index (κ3) is 4.90. The van der Waals surface area contributed by atoms with Crippen LogP contribution in [0.15, 0.2) is 54.9 Å². The highest BCUT2D eigenvalue weighted by atomic mass is 19.4. The first-order chi connectivity index (χ1) is 16.1. The monoisotopic (exact) mass is 469 g/mol. The quantitative estimate of drug-likeness (QED) is 0.354. The zero-order valence-electron chi connectivity index (χ0n) is 19.4. The third-order valence-corrected chi connectivity index (χ3v) is 5.33. The number of nitrogens with zero attached hydrogens (tertiary/aromatic N) is 5. The van der Waals surface area contributed by atoms with Gasteiger partial charge >= 0.3 is 6.18 Å². The van der Waals surface area contributed by atoms with Crippen LogP contribution in [0.4, 0.5) is 36.3 Å². The molecule has 0 aliphatic carbocycles. The van der Waals surface area contributed by atoms with Gasteiger partial charge in [-0.05, 0) is 49.7 Å². The summed E-state index contributed by atoms with van der Waals surface area (Å²) in [7, 11) is 3.95. The Hall–Kier alpha value is -3.82. The van der Waals surface area contributed by atoms with Crippen LogP contribution in [0.2, 0.25) is 0 Å². The molecule has 2 N–H and O–H groups in total. The molecule has 178 valence electrons. The number of hydrogen-bond acceptors (Lipinski definition) is 6. The van der Waals surface area contributed by atoms with E-state index in [9.17, 15) is 13.2 Å². The van der Waals surface area contributed by atoms with Gasteiger partial charge in [-0.2, -0.15) is 13.2 Å². The molecule has 2 heterocycles. The molecule has 0 spiro atoms. The van der Waals surface area contributed by atoms with Crippen molar-refractivity contribution in [3.8, 4) is 0 Å². The summed E-state index contributed by atoms with van der Waals surface area (Å²) in [6.07, 6.45) is -2.97. The van der Waals surface area contributed by atoms with E-state index in [1.165, 1.54) is 12.4 Å². The molecule has 0 aliphatic rings. The molecule has 0 fully saturated rings. The molecule has 0 unspecified atom stereocenters. The number of benzene rings is 2. The van der Waals surface area contributed by atoms with E-state index in [4.69, 9.17) is 4.98 Å². The predicted octanol–water partition coefficient (Wildman–Crippen LogP) is 5.85. The van der Waals surface area contributed by atoms with Crippen LogP contribution in [-0.2, 0) is 12.7 Å². The predicted molar refractivity (Wildman–Crippen MR) is 129 cm³/mol. The van der Waals surface area contributed by atoms with E-state index in [1.54, 1.807) is 6.07 Å². The molecule has 0 aliphatic heterocycles. The van der Waals surface area contributed by atoms with Crippen LogP contribution in [0.5, 0.6) is 0 Å². The first kappa shape index (κ1) is 23.3. The van der Waals surface area contributed by atoms with Gasteiger partial charge in [0.2, 0.25) is 5.95 Å². The van der Waals surface area contributed by atoms with Crippen molar-refractivity contribution in [2.45, 2.75) is 32.6 Å². The van der Waals surface area contributed by atoms with Crippen molar-refractivity contribution in [2.75, 3.05) is 29.6 Å². The molecule has 0 bridgehead atoms. The van der Waals surface area contributed by atoms with E-state index in [0.29, 0.717) is 28.5 Å². The van der Waals surface area contributed by atoms with E-state index < -0.39 is 11.7 Å². The lowest BCUT2D eigenvalue weighted by molar-refractivity contribution is -0.137. The van der Waals surface area contributed by atoms with Crippen LogP contribution in [0, 0.1) is 0 Å². The fourth-order valence-electron chi connectivity index (χ4n) is 3.65. The molecule has 0 saturated heterocycles. The van der Waals surface area contributed by atoms with Crippen LogP contribution in [0.25, 0.3) is 11.2 Å². The molecule has 10 heteroatoms. The minimum atomic E-state index is -4.39. The standard InChI is InChI=1S/C24H26F3N7/c1-15(2)34-22-20(32-23(34)31-18-9-6-10-19(12-18)33(3)4)21(29-14-30-22)28-13-16-7-5-8-17(11-16)24(25,26)27/h5-12,14-15H,13H2,1-4H3,(H,31,32)(H,28,29,30). The highest BCUT2D eigenvalue weighted by Crippen LogP contribution is 2.31. The highest BCUT2D eigenvalue weighted by Gasteiger charge is 2.30. The molecular weight excluding hydrogens is 443 g/mol. The Morgan fingerprint density at radius 3 is 2.50 bits per heavy atom.